The number of hydrogen-bond acceptors (Lipinski definition) is 5. The Labute approximate surface area is 201 Å². The number of amides is 2. The number of nitrogens with one attached hydrogen (secondary N) is 1. The summed E-state index contributed by atoms with van der Waals surface area (Å²) >= 11 is 0. The number of carboxylic acid groups (broad SMARTS) is 1. The highest BCUT2D eigenvalue weighted by molar-refractivity contribution is 5.92. The minimum absolute atomic E-state index is 0.0334. The van der Waals surface area contributed by atoms with E-state index in [1.807, 2.05) is 23.2 Å². The SMILES string of the molecule is CC(=O)O.O=C(NC[C@@H]1CC[C@H](CC(=O)N2CCOCC2)N1CC1CC1)c1cccn1C1CC1. The van der Waals surface area contributed by atoms with E-state index in [-0.39, 0.29) is 11.8 Å². The molecule has 2 aliphatic heterocycles. The Morgan fingerprint density at radius 2 is 1.74 bits per heavy atom. The van der Waals surface area contributed by atoms with Crippen molar-refractivity contribution in [2.24, 2.45) is 5.92 Å². The zero-order valence-electron chi connectivity index (χ0n) is 20.2. The van der Waals surface area contributed by atoms with Crippen LogP contribution in [-0.2, 0) is 14.3 Å². The number of nitrogens with zero attached hydrogens (tertiary/aromatic N) is 3. The van der Waals surface area contributed by atoms with Gasteiger partial charge >= 0.3 is 0 Å². The molecule has 0 spiro atoms. The van der Waals surface area contributed by atoms with Gasteiger partial charge in [0.2, 0.25) is 5.91 Å². The van der Waals surface area contributed by atoms with Gasteiger partial charge in [0.15, 0.2) is 0 Å². The Morgan fingerprint density at radius 1 is 1.06 bits per heavy atom. The predicted octanol–water partition coefficient (Wildman–Crippen LogP) is 2.14. The normalized spacial score (nSPS) is 24.9. The van der Waals surface area contributed by atoms with Crippen molar-refractivity contribution in [2.45, 2.75) is 70.0 Å². The number of ether oxygens (including phenoxy) is 1. The molecule has 2 N–H and O–H groups in total. The highest BCUT2D eigenvalue weighted by Crippen LogP contribution is 2.37. The number of carbonyl (C=O) groups excluding carboxylic acids is 2. The van der Waals surface area contributed by atoms with E-state index < -0.39 is 5.97 Å². The van der Waals surface area contributed by atoms with Crippen LogP contribution >= 0.6 is 0 Å². The zero-order chi connectivity index (χ0) is 24.1. The summed E-state index contributed by atoms with van der Waals surface area (Å²) in [5, 5.41) is 10.6. The molecule has 2 atom stereocenters. The van der Waals surface area contributed by atoms with Crippen LogP contribution in [0.25, 0.3) is 0 Å². The fourth-order valence-electron chi connectivity index (χ4n) is 5.05. The van der Waals surface area contributed by atoms with Gasteiger partial charge in [-0.15, -0.1) is 0 Å². The van der Waals surface area contributed by atoms with Crippen molar-refractivity contribution in [2.75, 3.05) is 39.4 Å². The van der Waals surface area contributed by atoms with Gasteiger partial charge in [0.1, 0.15) is 5.69 Å². The third-order valence-corrected chi connectivity index (χ3v) is 7.16. The van der Waals surface area contributed by atoms with Crippen molar-refractivity contribution in [3.05, 3.63) is 24.0 Å². The Bertz CT molecular complexity index is 853. The molecule has 1 aromatic rings. The maximum absolute atomic E-state index is 12.8. The summed E-state index contributed by atoms with van der Waals surface area (Å²) in [5.74, 6) is 0.233. The molecule has 5 rings (SSSR count). The van der Waals surface area contributed by atoms with Gasteiger partial charge < -0.3 is 24.6 Å². The maximum atomic E-state index is 12.8. The van der Waals surface area contributed by atoms with E-state index in [4.69, 9.17) is 14.6 Å². The van der Waals surface area contributed by atoms with E-state index in [9.17, 15) is 9.59 Å². The first-order valence-corrected chi connectivity index (χ1v) is 12.7. The van der Waals surface area contributed by atoms with Crippen LogP contribution in [0.2, 0.25) is 0 Å². The summed E-state index contributed by atoms with van der Waals surface area (Å²) in [6.07, 6.45) is 9.66. The second-order valence-corrected chi connectivity index (χ2v) is 9.98. The Balaban J connectivity index is 0.000000636. The van der Waals surface area contributed by atoms with Crippen molar-refractivity contribution in [1.29, 1.82) is 0 Å². The third-order valence-electron chi connectivity index (χ3n) is 7.16. The van der Waals surface area contributed by atoms with Crippen molar-refractivity contribution in [3.63, 3.8) is 0 Å². The van der Waals surface area contributed by atoms with E-state index >= 15 is 0 Å². The molecular formula is C25H38N4O5. The number of morpholine rings is 1. The van der Waals surface area contributed by atoms with Crippen molar-refractivity contribution < 1.29 is 24.2 Å². The number of aromatic nitrogens is 1. The first kappa shape index (κ1) is 24.7. The Kier molecular flexibility index (Phi) is 8.26. The molecule has 9 heteroatoms. The van der Waals surface area contributed by atoms with Gasteiger partial charge in [-0.1, -0.05) is 0 Å². The van der Waals surface area contributed by atoms with Crippen LogP contribution in [0, 0.1) is 5.92 Å². The summed E-state index contributed by atoms with van der Waals surface area (Å²) in [5.41, 5.74) is 0.781. The van der Waals surface area contributed by atoms with Crippen molar-refractivity contribution in [3.8, 4) is 0 Å². The van der Waals surface area contributed by atoms with Gasteiger partial charge in [-0.25, -0.2) is 0 Å². The Morgan fingerprint density at radius 3 is 2.38 bits per heavy atom. The second kappa shape index (κ2) is 11.4. The molecule has 0 unspecified atom stereocenters. The number of carboxylic acids is 1. The monoisotopic (exact) mass is 474 g/mol. The second-order valence-electron chi connectivity index (χ2n) is 9.98. The number of likely N-dealkylation sites (tertiary alicyclic amines) is 1. The molecule has 2 aliphatic carbocycles. The quantitative estimate of drug-likeness (QED) is 0.598. The average molecular weight is 475 g/mol. The standard InChI is InChI=1S/C23H34N4O3.C2H4O2/c28-22(25-10-12-30-13-11-25)14-19-7-8-20(27(19)16-17-3-4-17)15-24-23(29)21-2-1-9-26(21)18-5-6-18;1-2(3)4/h1-2,9,17-20H,3-8,10-16H2,(H,24,29);1H3,(H,3,4)/t19-,20+;/m1./s1. The molecule has 4 aliphatic rings. The number of carbonyl (C=O) groups is 3. The third kappa shape index (κ3) is 6.82. The van der Waals surface area contributed by atoms with Gasteiger partial charge in [-0.3, -0.25) is 19.3 Å². The van der Waals surface area contributed by atoms with E-state index in [1.165, 1.54) is 25.7 Å². The molecule has 1 aromatic heterocycles. The fraction of sp³-hybridized carbons (Fsp3) is 0.720. The van der Waals surface area contributed by atoms with Crippen LogP contribution in [-0.4, -0.2) is 88.7 Å². The minimum atomic E-state index is -0.833. The maximum Gasteiger partial charge on any atom is 0.300 e. The van der Waals surface area contributed by atoms with E-state index in [0.717, 1.165) is 37.9 Å². The lowest BCUT2D eigenvalue weighted by Gasteiger charge is -2.33. The lowest BCUT2D eigenvalue weighted by atomic mass is 10.1. The fourth-order valence-corrected chi connectivity index (χ4v) is 5.05. The average Bonchev–Trinajstić information content (AvgIpc) is 3.74. The highest BCUT2D eigenvalue weighted by Gasteiger charge is 2.39. The summed E-state index contributed by atoms with van der Waals surface area (Å²) in [6, 6.07) is 5.04. The van der Waals surface area contributed by atoms with Gasteiger partial charge in [-0.2, -0.15) is 0 Å². The van der Waals surface area contributed by atoms with Crippen LogP contribution in [0.3, 0.4) is 0 Å². The number of hydrogen-bond donors (Lipinski definition) is 2. The molecule has 9 nitrogen and oxygen atoms in total. The van der Waals surface area contributed by atoms with Gasteiger partial charge in [0, 0.05) is 63.8 Å². The van der Waals surface area contributed by atoms with Gasteiger partial charge in [0.05, 0.1) is 13.2 Å². The molecule has 0 bridgehead atoms. The molecule has 3 heterocycles. The Hall–Kier alpha value is -2.39. The minimum Gasteiger partial charge on any atom is -0.481 e. The van der Waals surface area contributed by atoms with Crippen molar-refractivity contribution >= 4 is 17.8 Å². The molecule has 2 saturated carbocycles. The smallest absolute Gasteiger partial charge is 0.300 e. The lowest BCUT2D eigenvalue weighted by molar-refractivity contribution is -0.136. The first-order chi connectivity index (χ1) is 16.4. The highest BCUT2D eigenvalue weighted by atomic mass is 16.5. The first-order valence-electron chi connectivity index (χ1n) is 12.7. The topological polar surface area (TPSA) is 104 Å². The summed E-state index contributed by atoms with van der Waals surface area (Å²) in [6.45, 7) is 5.56. The number of aliphatic carboxylic acids is 1. The van der Waals surface area contributed by atoms with E-state index in [1.54, 1.807) is 0 Å². The molecule has 2 saturated heterocycles. The largest absolute Gasteiger partial charge is 0.481 e. The molecular weight excluding hydrogens is 436 g/mol. The van der Waals surface area contributed by atoms with Crippen LogP contribution < -0.4 is 5.32 Å². The molecule has 2 amide bonds. The predicted molar refractivity (Wildman–Crippen MR) is 127 cm³/mol. The van der Waals surface area contributed by atoms with Gasteiger partial charge in [-0.05, 0) is 56.6 Å². The van der Waals surface area contributed by atoms with Gasteiger partial charge in [0.25, 0.3) is 11.9 Å². The zero-order valence-corrected chi connectivity index (χ0v) is 20.2. The van der Waals surface area contributed by atoms with Crippen LogP contribution in [0.4, 0.5) is 0 Å². The lowest BCUT2D eigenvalue weighted by Crippen LogP contribution is -2.47. The van der Waals surface area contributed by atoms with Crippen LogP contribution in [0.1, 0.15) is 68.4 Å². The molecule has 34 heavy (non-hydrogen) atoms. The van der Waals surface area contributed by atoms with Crippen molar-refractivity contribution in [1.82, 2.24) is 19.7 Å². The summed E-state index contributed by atoms with van der Waals surface area (Å²) < 4.78 is 7.51. The molecule has 188 valence electrons. The molecule has 0 aromatic carbocycles. The van der Waals surface area contributed by atoms with Crippen LogP contribution in [0.5, 0.6) is 0 Å². The van der Waals surface area contributed by atoms with E-state index in [0.29, 0.717) is 57.4 Å². The molecule has 0 radical (unpaired) electrons. The summed E-state index contributed by atoms with van der Waals surface area (Å²) in [4.78, 5) is 39.1. The van der Waals surface area contributed by atoms with Crippen LogP contribution in [0.15, 0.2) is 18.3 Å². The molecule has 4 fully saturated rings. The van der Waals surface area contributed by atoms with E-state index in [2.05, 4.69) is 14.8 Å². The number of rotatable bonds is 8. The summed E-state index contributed by atoms with van der Waals surface area (Å²) in [7, 11) is 0.